The van der Waals surface area contributed by atoms with Crippen LogP contribution in [-0.4, -0.2) is 71.9 Å². The second-order valence-corrected chi connectivity index (χ2v) is 4.87. The molecular weight excluding hydrogens is 384 g/mol. The van der Waals surface area contributed by atoms with E-state index >= 15 is 0 Å². The molecule has 0 radical (unpaired) electrons. The summed E-state index contributed by atoms with van der Waals surface area (Å²) in [5.74, 6) is -8.55. The summed E-state index contributed by atoms with van der Waals surface area (Å²) in [5.41, 5.74) is 0. The Morgan fingerprint density at radius 1 is 0.714 bits per heavy atom. The van der Waals surface area contributed by atoms with Crippen LogP contribution in [0.3, 0.4) is 0 Å². The summed E-state index contributed by atoms with van der Waals surface area (Å²) in [4.78, 5) is 69.9. The van der Waals surface area contributed by atoms with E-state index in [1.165, 1.54) is 0 Å². The summed E-state index contributed by atoms with van der Waals surface area (Å²) in [7, 11) is 0. The van der Waals surface area contributed by atoms with Gasteiger partial charge in [0.1, 0.15) is 6.61 Å². The molecule has 0 rings (SSSR count). The van der Waals surface area contributed by atoms with E-state index < -0.39 is 101 Å². The molecule has 0 aromatic heterocycles. The molecule has 158 valence electrons. The highest BCUT2D eigenvalue weighted by molar-refractivity contribution is 5.78. The van der Waals surface area contributed by atoms with E-state index in [-0.39, 0.29) is 0 Å². The minimum atomic E-state index is -2.45. The second kappa shape index (κ2) is 11.5. The number of hydrogen-bond acceptors (Lipinski definition) is 11. The maximum atomic E-state index is 11.8. The smallest absolute Gasteiger partial charge is 0.349 e. The summed E-state index contributed by atoms with van der Waals surface area (Å²) in [6, 6.07) is 0. The van der Waals surface area contributed by atoms with E-state index in [1.807, 2.05) is 0 Å². The van der Waals surface area contributed by atoms with Gasteiger partial charge in [-0.2, -0.15) is 0 Å². The van der Waals surface area contributed by atoms with E-state index in [0.717, 1.165) is 0 Å². The van der Waals surface area contributed by atoms with Gasteiger partial charge in [0.25, 0.3) is 0 Å². The summed E-state index contributed by atoms with van der Waals surface area (Å²) >= 11 is 0. The Morgan fingerprint density at radius 3 is 1.68 bits per heavy atom. The summed E-state index contributed by atoms with van der Waals surface area (Å²) < 4.78 is 58.9. The Bertz CT molecular complexity index is 718. The average molecular weight is 411 g/mol. The maximum Gasteiger partial charge on any atom is 0.349 e. The Morgan fingerprint density at radius 2 is 1.18 bits per heavy atom. The predicted molar refractivity (Wildman–Crippen MR) is 86.5 cm³/mol. The zero-order valence-electron chi connectivity index (χ0n) is 19.5. The highest BCUT2D eigenvalue weighted by Gasteiger charge is 2.47. The SMILES string of the molecule is [2H]CC(=O)OC[C@@H](OC(=O)C[2H])[C@@H](OC(=O)C[2H])[C@H](OC(=O)C[2H])[C@@H](OC(=O)C[2H])C(=O)O. The highest BCUT2D eigenvalue weighted by atomic mass is 16.6. The first-order valence-electron chi connectivity index (χ1n) is 10.7. The van der Waals surface area contributed by atoms with Crippen LogP contribution in [0.4, 0.5) is 0 Å². The van der Waals surface area contributed by atoms with Crippen molar-refractivity contribution in [3.8, 4) is 0 Å². The van der Waals surface area contributed by atoms with E-state index in [0.29, 0.717) is 0 Å². The van der Waals surface area contributed by atoms with Gasteiger partial charge < -0.3 is 28.8 Å². The Kier molecular flexibility index (Phi) is 6.97. The van der Waals surface area contributed by atoms with Crippen LogP contribution in [0.5, 0.6) is 0 Å². The molecule has 4 atom stereocenters. The van der Waals surface area contributed by atoms with Gasteiger partial charge in [-0.3, -0.25) is 24.0 Å². The van der Waals surface area contributed by atoms with Crippen LogP contribution in [-0.2, 0) is 52.5 Å². The number of ether oxygens (including phenoxy) is 5. The molecule has 12 nitrogen and oxygen atoms in total. The zero-order chi connectivity index (χ0) is 25.6. The standard InChI is InChI=1S/C16H22O12/c1-7(17)24-6-12(25-8(2)18)13(26-9(3)19)14(27-10(4)20)15(16(22)23)28-11(5)21/h12-15H,6H2,1-5H3,(H,22,23)/t12-,13-,14+,15-/m1/s1/i1D,2D,3D,4D,5D. The molecule has 0 unspecified atom stereocenters. The lowest BCUT2D eigenvalue weighted by molar-refractivity contribution is -0.206. The number of esters is 5. The lowest BCUT2D eigenvalue weighted by Crippen LogP contribution is -2.55. The molecule has 12 heteroatoms. The van der Waals surface area contributed by atoms with E-state index in [9.17, 15) is 33.9 Å². The van der Waals surface area contributed by atoms with Crippen molar-refractivity contribution in [2.75, 3.05) is 6.61 Å². The molecule has 0 spiro atoms. The number of carbonyl (C=O) groups excluding carboxylic acids is 5. The number of carboxylic acids is 1. The molecule has 0 aliphatic heterocycles. The van der Waals surface area contributed by atoms with Crippen LogP contribution >= 0.6 is 0 Å². The quantitative estimate of drug-likeness (QED) is 0.357. The molecule has 28 heavy (non-hydrogen) atoms. The molecule has 0 amide bonds. The lowest BCUT2D eigenvalue weighted by Gasteiger charge is -2.33. The fourth-order valence-electron chi connectivity index (χ4n) is 1.90. The van der Waals surface area contributed by atoms with Gasteiger partial charge in [0.05, 0.1) is 0 Å². The van der Waals surface area contributed by atoms with E-state index in [4.69, 9.17) is 21.1 Å². The molecule has 1 N–H and O–H groups in total. The van der Waals surface area contributed by atoms with Gasteiger partial charge in [0, 0.05) is 41.4 Å². The van der Waals surface area contributed by atoms with Crippen LogP contribution in [0, 0.1) is 0 Å². The van der Waals surface area contributed by atoms with Crippen LogP contribution in [0.2, 0.25) is 0 Å². The van der Waals surface area contributed by atoms with Crippen molar-refractivity contribution in [2.24, 2.45) is 0 Å². The largest absolute Gasteiger partial charge is 0.478 e. The number of hydrogen-bond donors (Lipinski definition) is 1. The molecular formula is C16H22O12. The average Bonchev–Trinajstić information content (AvgIpc) is 2.81. The normalized spacial score (nSPS) is 16.8. The monoisotopic (exact) mass is 411 g/mol. The molecule has 0 aliphatic rings. The second-order valence-electron chi connectivity index (χ2n) is 4.87. The third kappa shape index (κ3) is 9.50. The molecule has 0 saturated carbocycles. The number of rotatable bonds is 10. The van der Waals surface area contributed by atoms with Crippen molar-refractivity contribution in [1.29, 1.82) is 0 Å². The lowest BCUT2D eigenvalue weighted by atomic mass is 10.0. The molecule has 0 aromatic rings. The van der Waals surface area contributed by atoms with Crippen LogP contribution in [0.15, 0.2) is 0 Å². The fourth-order valence-corrected chi connectivity index (χ4v) is 1.90. The highest BCUT2D eigenvalue weighted by Crippen LogP contribution is 2.20. The molecule has 0 aromatic carbocycles. The third-order valence-electron chi connectivity index (χ3n) is 2.72. The van der Waals surface area contributed by atoms with Crippen molar-refractivity contribution in [2.45, 2.75) is 58.9 Å². The molecule has 0 fully saturated rings. The number of aliphatic carboxylic acids is 1. The minimum absolute atomic E-state index is 0.883. The molecule has 0 heterocycles. The first kappa shape index (κ1) is 17.0. The first-order valence-corrected chi connectivity index (χ1v) is 7.17. The number of carbonyl (C=O) groups is 6. The van der Waals surface area contributed by atoms with Gasteiger partial charge >= 0.3 is 35.8 Å². The van der Waals surface area contributed by atoms with Crippen molar-refractivity contribution in [3.05, 3.63) is 0 Å². The summed E-state index contributed by atoms with van der Waals surface area (Å²) in [6.07, 6.45) is -8.88. The van der Waals surface area contributed by atoms with Gasteiger partial charge in [-0.05, 0) is 0 Å². The van der Waals surface area contributed by atoms with Crippen LogP contribution in [0.25, 0.3) is 0 Å². The van der Waals surface area contributed by atoms with Gasteiger partial charge in [0.2, 0.25) is 6.10 Å². The van der Waals surface area contributed by atoms with Crippen molar-refractivity contribution in [1.82, 2.24) is 0 Å². The Labute approximate surface area is 167 Å². The van der Waals surface area contributed by atoms with Crippen LogP contribution in [0.1, 0.15) is 41.4 Å². The van der Waals surface area contributed by atoms with E-state index in [2.05, 4.69) is 9.47 Å². The van der Waals surface area contributed by atoms with Gasteiger partial charge in [-0.1, -0.05) is 0 Å². The van der Waals surface area contributed by atoms with E-state index in [1.54, 1.807) is 0 Å². The Balaban J connectivity index is 6.50. The third-order valence-corrected chi connectivity index (χ3v) is 2.72. The molecule has 0 saturated heterocycles. The first-order chi connectivity index (χ1) is 15.5. The van der Waals surface area contributed by atoms with Gasteiger partial charge in [-0.15, -0.1) is 0 Å². The molecule has 0 aliphatic carbocycles. The van der Waals surface area contributed by atoms with Crippen molar-refractivity contribution >= 4 is 35.8 Å². The van der Waals surface area contributed by atoms with Crippen molar-refractivity contribution < 1.29 is 64.4 Å². The zero-order valence-corrected chi connectivity index (χ0v) is 14.5. The number of carboxylic acid groups (broad SMARTS) is 1. The Hall–Kier alpha value is -3.18. The topological polar surface area (TPSA) is 169 Å². The summed E-state index contributed by atoms with van der Waals surface area (Å²) in [6.45, 7) is -6.03. The maximum absolute atomic E-state index is 11.8. The fraction of sp³-hybridized carbons (Fsp3) is 0.625. The van der Waals surface area contributed by atoms with Gasteiger partial charge in [0.15, 0.2) is 18.3 Å². The molecule has 0 bridgehead atoms. The predicted octanol–water partition coefficient (Wildman–Crippen LogP) is -0.639. The van der Waals surface area contributed by atoms with Crippen LogP contribution < -0.4 is 0 Å². The summed E-state index contributed by atoms with van der Waals surface area (Å²) in [5, 5.41) is 9.48. The minimum Gasteiger partial charge on any atom is -0.478 e. The van der Waals surface area contributed by atoms with Crippen molar-refractivity contribution in [3.63, 3.8) is 0 Å². The van der Waals surface area contributed by atoms with Gasteiger partial charge in [-0.25, -0.2) is 4.79 Å².